The molecule has 4 heteroatoms. The summed E-state index contributed by atoms with van der Waals surface area (Å²) < 4.78 is 0. The number of hydrogen-bond donors (Lipinski definition) is 4. The summed E-state index contributed by atoms with van der Waals surface area (Å²) in [5.41, 5.74) is 5.34. The van der Waals surface area contributed by atoms with Gasteiger partial charge in [0.25, 0.3) is 0 Å². The van der Waals surface area contributed by atoms with Crippen molar-refractivity contribution in [2.75, 3.05) is 19.8 Å². The molecule has 0 heterocycles. The Bertz CT molecular complexity index is 86.5. The third-order valence-electron chi connectivity index (χ3n) is 1.59. The molecule has 68 valence electrons. The smallest absolute Gasteiger partial charge is 0.0597 e. The van der Waals surface area contributed by atoms with Crippen LogP contribution in [0.2, 0.25) is 0 Å². The van der Waals surface area contributed by atoms with Crippen LogP contribution in [0.1, 0.15) is 13.3 Å². The minimum absolute atomic E-state index is 0.0449. The molecule has 2 atom stereocenters. The molecule has 0 bridgehead atoms. The van der Waals surface area contributed by atoms with Crippen LogP contribution in [-0.4, -0.2) is 42.1 Å². The average Bonchev–Trinajstić information content (AvgIpc) is 2.01. The Kier molecular flexibility index (Phi) is 6.45. The van der Waals surface area contributed by atoms with E-state index in [0.29, 0.717) is 13.0 Å². The largest absolute Gasteiger partial charge is 0.396 e. The van der Waals surface area contributed by atoms with Gasteiger partial charge in [0.05, 0.1) is 6.61 Å². The standard InChI is InChI=1S/C7H18N2O2/c1-6(2-3-10)9-7(4-8)5-11/h6-7,9-11H,2-5,8H2,1H3. The highest BCUT2D eigenvalue weighted by molar-refractivity contribution is 4.70. The molecule has 0 saturated carbocycles. The van der Waals surface area contributed by atoms with E-state index < -0.39 is 0 Å². The first kappa shape index (κ1) is 10.8. The molecule has 0 fully saturated rings. The number of aliphatic hydroxyl groups is 2. The van der Waals surface area contributed by atoms with Crippen LogP contribution in [0.15, 0.2) is 0 Å². The van der Waals surface area contributed by atoms with Crippen LogP contribution in [0.25, 0.3) is 0 Å². The summed E-state index contributed by atoms with van der Waals surface area (Å²) >= 11 is 0. The van der Waals surface area contributed by atoms with Crippen molar-refractivity contribution >= 4 is 0 Å². The zero-order valence-electron chi connectivity index (χ0n) is 6.95. The summed E-state index contributed by atoms with van der Waals surface area (Å²) in [6.45, 7) is 2.59. The van der Waals surface area contributed by atoms with Crippen molar-refractivity contribution < 1.29 is 10.2 Å². The van der Waals surface area contributed by atoms with E-state index in [1.165, 1.54) is 0 Å². The molecule has 0 aliphatic rings. The Balaban J connectivity index is 3.44. The molecule has 0 saturated heterocycles. The quantitative estimate of drug-likeness (QED) is 0.390. The van der Waals surface area contributed by atoms with Crippen LogP contribution in [0.4, 0.5) is 0 Å². The summed E-state index contributed by atoms with van der Waals surface area (Å²) in [6, 6.07) is 0.164. The Hall–Kier alpha value is -0.160. The van der Waals surface area contributed by atoms with Crippen molar-refractivity contribution in [1.82, 2.24) is 5.32 Å². The van der Waals surface area contributed by atoms with Gasteiger partial charge >= 0.3 is 0 Å². The van der Waals surface area contributed by atoms with Crippen LogP contribution in [0.5, 0.6) is 0 Å². The van der Waals surface area contributed by atoms with Gasteiger partial charge in [0.15, 0.2) is 0 Å². The van der Waals surface area contributed by atoms with Crippen LogP contribution in [-0.2, 0) is 0 Å². The second kappa shape index (κ2) is 6.54. The predicted molar refractivity (Wildman–Crippen MR) is 44.2 cm³/mol. The molecule has 0 aromatic rings. The fourth-order valence-electron chi connectivity index (χ4n) is 0.875. The average molecular weight is 162 g/mol. The maximum absolute atomic E-state index is 8.74. The number of aliphatic hydroxyl groups excluding tert-OH is 2. The van der Waals surface area contributed by atoms with E-state index in [1.807, 2.05) is 6.92 Å². The minimum Gasteiger partial charge on any atom is -0.396 e. The van der Waals surface area contributed by atoms with Gasteiger partial charge in [-0.2, -0.15) is 0 Å². The number of nitrogens with two attached hydrogens (primary N) is 1. The Morgan fingerprint density at radius 2 is 2.09 bits per heavy atom. The first-order valence-electron chi connectivity index (χ1n) is 3.92. The Labute approximate surface area is 67.4 Å². The lowest BCUT2D eigenvalue weighted by Gasteiger charge is -2.19. The van der Waals surface area contributed by atoms with Gasteiger partial charge in [-0.25, -0.2) is 0 Å². The number of rotatable bonds is 6. The molecule has 11 heavy (non-hydrogen) atoms. The molecule has 2 unspecified atom stereocenters. The maximum atomic E-state index is 8.74. The lowest BCUT2D eigenvalue weighted by atomic mass is 10.2. The van der Waals surface area contributed by atoms with Crippen molar-refractivity contribution in [3.63, 3.8) is 0 Å². The number of hydrogen-bond acceptors (Lipinski definition) is 4. The normalized spacial score (nSPS) is 16.4. The minimum atomic E-state index is -0.0449. The molecule has 0 spiro atoms. The molecule has 0 amide bonds. The lowest BCUT2D eigenvalue weighted by Crippen LogP contribution is -2.44. The second-order valence-electron chi connectivity index (χ2n) is 2.70. The van der Waals surface area contributed by atoms with Crippen LogP contribution in [0.3, 0.4) is 0 Å². The van der Waals surface area contributed by atoms with E-state index in [2.05, 4.69) is 5.32 Å². The molecular weight excluding hydrogens is 144 g/mol. The van der Waals surface area contributed by atoms with Gasteiger partial charge in [-0.3, -0.25) is 0 Å². The monoisotopic (exact) mass is 162 g/mol. The third-order valence-corrected chi connectivity index (χ3v) is 1.59. The van der Waals surface area contributed by atoms with Gasteiger partial charge in [-0.15, -0.1) is 0 Å². The summed E-state index contributed by atoms with van der Waals surface area (Å²) in [4.78, 5) is 0. The summed E-state index contributed by atoms with van der Waals surface area (Å²) in [7, 11) is 0. The fraction of sp³-hybridized carbons (Fsp3) is 1.00. The van der Waals surface area contributed by atoms with Crippen LogP contribution in [0, 0.1) is 0 Å². The highest BCUT2D eigenvalue weighted by Crippen LogP contribution is 1.90. The summed E-state index contributed by atoms with van der Waals surface area (Å²) in [5.74, 6) is 0. The molecule has 0 aliphatic carbocycles. The number of nitrogens with one attached hydrogen (secondary N) is 1. The first-order valence-corrected chi connectivity index (χ1v) is 3.92. The zero-order chi connectivity index (χ0) is 8.69. The molecule has 0 aliphatic heterocycles. The van der Waals surface area contributed by atoms with E-state index in [9.17, 15) is 0 Å². The summed E-state index contributed by atoms with van der Waals surface area (Å²) in [5, 5.41) is 20.4. The fourth-order valence-corrected chi connectivity index (χ4v) is 0.875. The van der Waals surface area contributed by atoms with Gasteiger partial charge in [-0.05, 0) is 13.3 Å². The predicted octanol–water partition coefficient (Wildman–Crippen LogP) is -1.33. The molecule has 0 rings (SSSR count). The Morgan fingerprint density at radius 3 is 2.45 bits per heavy atom. The van der Waals surface area contributed by atoms with Crippen molar-refractivity contribution in [1.29, 1.82) is 0 Å². The summed E-state index contributed by atoms with van der Waals surface area (Å²) in [6.07, 6.45) is 0.691. The SMILES string of the molecule is CC(CCO)NC(CN)CO. The molecular formula is C7H18N2O2. The first-order chi connectivity index (χ1) is 5.24. The maximum Gasteiger partial charge on any atom is 0.0597 e. The zero-order valence-corrected chi connectivity index (χ0v) is 6.95. The van der Waals surface area contributed by atoms with E-state index in [4.69, 9.17) is 15.9 Å². The molecule has 0 radical (unpaired) electrons. The van der Waals surface area contributed by atoms with Gasteiger partial charge in [0, 0.05) is 25.2 Å². The molecule has 0 aromatic heterocycles. The van der Waals surface area contributed by atoms with E-state index in [0.717, 1.165) is 0 Å². The molecule has 0 aromatic carbocycles. The van der Waals surface area contributed by atoms with Crippen molar-refractivity contribution in [2.45, 2.75) is 25.4 Å². The van der Waals surface area contributed by atoms with E-state index in [-0.39, 0.29) is 25.3 Å². The topological polar surface area (TPSA) is 78.5 Å². The Morgan fingerprint density at radius 1 is 1.45 bits per heavy atom. The molecule has 4 nitrogen and oxygen atoms in total. The third kappa shape index (κ3) is 5.15. The lowest BCUT2D eigenvalue weighted by molar-refractivity contribution is 0.219. The van der Waals surface area contributed by atoms with E-state index >= 15 is 0 Å². The molecule has 5 N–H and O–H groups in total. The van der Waals surface area contributed by atoms with Gasteiger partial charge in [0.2, 0.25) is 0 Å². The van der Waals surface area contributed by atoms with E-state index in [1.54, 1.807) is 0 Å². The van der Waals surface area contributed by atoms with Gasteiger partial charge < -0.3 is 21.3 Å². The van der Waals surface area contributed by atoms with Crippen LogP contribution < -0.4 is 11.1 Å². The van der Waals surface area contributed by atoms with Crippen molar-refractivity contribution in [3.05, 3.63) is 0 Å². The second-order valence-corrected chi connectivity index (χ2v) is 2.70. The van der Waals surface area contributed by atoms with Gasteiger partial charge in [-0.1, -0.05) is 0 Å². The van der Waals surface area contributed by atoms with Crippen molar-refractivity contribution in [2.24, 2.45) is 5.73 Å². The van der Waals surface area contributed by atoms with Crippen LogP contribution >= 0.6 is 0 Å². The van der Waals surface area contributed by atoms with Crippen molar-refractivity contribution in [3.8, 4) is 0 Å². The highest BCUT2D eigenvalue weighted by atomic mass is 16.3. The highest BCUT2D eigenvalue weighted by Gasteiger charge is 2.07. The van der Waals surface area contributed by atoms with Gasteiger partial charge in [0.1, 0.15) is 0 Å².